The molecule has 0 spiro atoms. The number of aromatic nitrogens is 4. The van der Waals surface area contributed by atoms with Crippen LogP contribution in [0.5, 0.6) is 0 Å². The molecule has 0 bridgehead atoms. The predicted octanol–water partition coefficient (Wildman–Crippen LogP) is 0.715. The number of H-pyrrole nitrogens is 1. The largest absolute Gasteiger partial charge is 0.341 e. The number of nitrogens with zero attached hydrogens (tertiary/aromatic N) is 3. The summed E-state index contributed by atoms with van der Waals surface area (Å²) in [5, 5.41) is 0. The van der Waals surface area contributed by atoms with E-state index in [2.05, 4.69) is 19.9 Å². The molecule has 14 heavy (non-hydrogen) atoms. The average molecular weight is 189 g/mol. The van der Waals surface area contributed by atoms with E-state index in [0.717, 1.165) is 17.6 Å². The Bertz CT molecular complexity index is 445. The van der Waals surface area contributed by atoms with Crippen LogP contribution in [0.3, 0.4) is 0 Å². The van der Waals surface area contributed by atoms with Crippen LogP contribution in [0, 0.1) is 0 Å². The first-order valence-electron chi connectivity index (χ1n) is 4.42. The molecule has 0 saturated carbocycles. The van der Waals surface area contributed by atoms with Crippen molar-refractivity contribution in [1.82, 2.24) is 19.9 Å². The molecule has 0 unspecified atom stereocenters. The van der Waals surface area contributed by atoms with E-state index in [1.807, 2.05) is 12.2 Å². The van der Waals surface area contributed by atoms with Crippen LogP contribution in [0.4, 0.5) is 0 Å². The molecule has 3 N–H and O–H groups in total. The third kappa shape index (κ3) is 1.62. The van der Waals surface area contributed by atoms with Crippen molar-refractivity contribution in [3.05, 3.63) is 24.4 Å². The summed E-state index contributed by atoms with van der Waals surface area (Å²) in [6.07, 6.45) is 7.88. The number of imidazole rings is 1. The van der Waals surface area contributed by atoms with Crippen LogP contribution in [0.25, 0.3) is 17.2 Å². The maximum Gasteiger partial charge on any atom is 0.181 e. The highest BCUT2D eigenvalue weighted by Gasteiger charge is 2.01. The van der Waals surface area contributed by atoms with Gasteiger partial charge >= 0.3 is 0 Å². The maximum absolute atomic E-state index is 5.38. The van der Waals surface area contributed by atoms with E-state index in [4.69, 9.17) is 5.73 Å². The van der Waals surface area contributed by atoms with Crippen molar-refractivity contribution in [2.75, 3.05) is 6.54 Å². The molecule has 2 rings (SSSR count). The van der Waals surface area contributed by atoms with Crippen molar-refractivity contribution < 1.29 is 0 Å². The molecule has 0 atom stereocenters. The standard InChI is InChI=1S/C9H11N5/c10-4-2-1-3-7-8-9(13-5-11-7)14-6-12-8/h1,3,5-6H,2,4,10H2,(H,11,12,13,14). The van der Waals surface area contributed by atoms with Gasteiger partial charge in [-0.25, -0.2) is 15.0 Å². The summed E-state index contributed by atoms with van der Waals surface area (Å²) in [6.45, 7) is 0.647. The van der Waals surface area contributed by atoms with Crippen LogP contribution in [-0.2, 0) is 0 Å². The zero-order valence-electron chi connectivity index (χ0n) is 7.64. The van der Waals surface area contributed by atoms with Crippen LogP contribution in [0.2, 0.25) is 0 Å². The predicted molar refractivity (Wildman–Crippen MR) is 54.4 cm³/mol. The Kier molecular flexibility index (Phi) is 2.51. The van der Waals surface area contributed by atoms with Crippen molar-refractivity contribution in [2.24, 2.45) is 5.73 Å². The minimum atomic E-state index is 0.647. The molecule has 72 valence electrons. The third-order valence-corrected chi connectivity index (χ3v) is 1.86. The number of aromatic amines is 1. The molecule has 2 aromatic rings. The first kappa shape index (κ1) is 8.83. The Hall–Kier alpha value is -1.75. The Labute approximate surface area is 81.1 Å². The molecule has 0 saturated heterocycles. The molecular weight excluding hydrogens is 178 g/mol. The second-order valence-corrected chi connectivity index (χ2v) is 2.84. The molecular formula is C9H11N5. The Morgan fingerprint density at radius 3 is 3.14 bits per heavy atom. The highest BCUT2D eigenvalue weighted by Crippen LogP contribution is 2.10. The highest BCUT2D eigenvalue weighted by molar-refractivity contribution is 5.78. The number of hydrogen-bond donors (Lipinski definition) is 2. The summed E-state index contributed by atoms with van der Waals surface area (Å²) in [4.78, 5) is 15.2. The van der Waals surface area contributed by atoms with Gasteiger partial charge in [0.2, 0.25) is 0 Å². The lowest BCUT2D eigenvalue weighted by Crippen LogP contribution is -1.95. The van der Waals surface area contributed by atoms with Crippen LogP contribution < -0.4 is 5.73 Å². The van der Waals surface area contributed by atoms with E-state index >= 15 is 0 Å². The number of rotatable bonds is 3. The fourth-order valence-corrected chi connectivity index (χ4v) is 1.20. The second kappa shape index (κ2) is 3.97. The highest BCUT2D eigenvalue weighted by atomic mass is 15.0. The van der Waals surface area contributed by atoms with E-state index in [0.29, 0.717) is 12.2 Å². The molecule has 0 radical (unpaired) electrons. The van der Waals surface area contributed by atoms with Gasteiger partial charge in [0.1, 0.15) is 11.8 Å². The van der Waals surface area contributed by atoms with Gasteiger partial charge in [-0.3, -0.25) is 0 Å². The van der Waals surface area contributed by atoms with E-state index in [9.17, 15) is 0 Å². The Balaban J connectivity index is 2.36. The molecule has 0 aliphatic carbocycles. The van der Waals surface area contributed by atoms with Crippen molar-refractivity contribution in [1.29, 1.82) is 0 Å². The van der Waals surface area contributed by atoms with Gasteiger partial charge in [-0.15, -0.1) is 0 Å². The van der Waals surface area contributed by atoms with Crippen molar-refractivity contribution in [3.63, 3.8) is 0 Å². The summed E-state index contributed by atoms with van der Waals surface area (Å²) >= 11 is 0. The average Bonchev–Trinajstić information content (AvgIpc) is 2.67. The maximum atomic E-state index is 5.38. The molecule has 2 aromatic heterocycles. The van der Waals surface area contributed by atoms with E-state index in [-0.39, 0.29) is 0 Å². The molecule has 5 heteroatoms. The van der Waals surface area contributed by atoms with Crippen molar-refractivity contribution in [3.8, 4) is 0 Å². The summed E-state index contributed by atoms with van der Waals surface area (Å²) < 4.78 is 0. The van der Waals surface area contributed by atoms with Gasteiger partial charge in [0.05, 0.1) is 12.0 Å². The first-order valence-corrected chi connectivity index (χ1v) is 4.42. The van der Waals surface area contributed by atoms with Crippen LogP contribution in [0.1, 0.15) is 12.1 Å². The zero-order chi connectivity index (χ0) is 9.80. The zero-order valence-corrected chi connectivity index (χ0v) is 7.64. The lowest BCUT2D eigenvalue weighted by molar-refractivity contribution is 1.01. The van der Waals surface area contributed by atoms with Gasteiger partial charge in [-0.05, 0) is 19.0 Å². The summed E-state index contributed by atoms with van der Waals surface area (Å²) in [7, 11) is 0. The van der Waals surface area contributed by atoms with Crippen molar-refractivity contribution >= 4 is 17.2 Å². The summed E-state index contributed by atoms with van der Waals surface area (Å²) in [5.41, 5.74) is 7.78. The normalized spacial score (nSPS) is 11.5. The van der Waals surface area contributed by atoms with Gasteiger partial charge in [-0.1, -0.05) is 6.08 Å². The fourth-order valence-electron chi connectivity index (χ4n) is 1.20. The van der Waals surface area contributed by atoms with Crippen LogP contribution >= 0.6 is 0 Å². The molecule has 0 amide bonds. The Morgan fingerprint density at radius 2 is 2.29 bits per heavy atom. The topological polar surface area (TPSA) is 80.5 Å². The van der Waals surface area contributed by atoms with Gasteiger partial charge in [0.15, 0.2) is 5.65 Å². The van der Waals surface area contributed by atoms with E-state index in [1.54, 1.807) is 6.33 Å². The van der Waals surface area contributed by atoms with Crippen molar-refractivity contribution in [2.45, 2.75) is 6.42 Å². The minimum absolute atomic E-state index is 0.647. The minimum Gasteiger partial charge on any atom is -0.341 e. The van der Waals surface area contributed by atoms with Gasteiger partial charge in [-0.2, -0.15) is 0 Å². The summed E-state index contributed by atoms with van der Waals surface area (Å²) in [6, 6.07) is 0. The lowest BCUT2D eigenvalue weighted by Gasteiger charge is -1.93. The Morgan fingerprint density at radius 1 is 1.36 bits per heavy atom. The number of hydrogen-bond acceptors (Lipinski definition) is 4. The fraction of sp³-hybridized carbons (Fsp3) is 0.222. The molecule has 0 aliphatic heterocycles. The molecule has 0 aliphatic rings. The van der Waals surface area contributed by atoms with Gasteiger partial charge in [0.25, 0.3) is 0 Å². The van der Waals surface area contributed by atoms with E-state index < -0.39 is 0 Å². The number of fused-ring (bicyclic) bond motifs is 1. The quantitative estimate of drug-likeness (QED) is 0.745. The monoisotopic (exact) mass is 189 g/mol. The molecule has 0 aromatic carbocycles. The molecule has 2 heterocycles. The molecule has 5 nitrogen and oxygen atoms in total. The lowest BCUT2D eigenvalue weighted by atomic mass is 10.3. The molecule has 0 fully saturated rings. The van der Waals surface area contributed by atoms with Gasteiger partial charge < -0.3 is 10.7 Å². The number of nitrogens with two attached hydrogens (primary N) is 1. The van der Waals surface area contributed by atoms with Crippen LogP contribution in [0.15, 0.2) is 18.7 Å². The summed E-state index contributed by atoms with van der Waals surface area (Å²) in [5.74, 6) is 0. The third-order valence-electron chi connectivity index (χ3n) is 1.86. The van der Waals surface area contributed by atoms with Crippen LogP contribution in [-0.4, -0.2) is 26.5 Å². The van der Waals surface area contributed by atoms with E-state index in [1.165, 1.54) is 6.33 Å². The SMILES string of the molecule is NCCC=Cc1ncnc2nc[nH]c12. The smallest absolute Gasteiger partial charge is 0.181 e. The first-order chi connectivity index (χ1) is 6.92. The number of nitrogens with one attached hydrogen (secondary N) is 1. The second-order valence-electron chi connectivity index (χ2n) is 2.84. The van der Waals surface area contributed by atoms with Gasteiger partial charge in [0, 0.05) is 0 Å².